The van der Waals surface area contributed by atoms with Crippen LogP contribution in [0, 0.1) is 5.92 Å². The molecule has 1 unspecified atom stereocenters. The SMILES string of the molecule is CCCCCCC(CC)CC(=O)OS. The van der Waals surface area contributed by atoms with Crippen molar-refractivity contribution in [3.8, 4) is 0 Å². The van der Waals surface area contributed by atoms with Crippen LogP contribution in [-0.4, -0.2) is 5.97 Å². The minimum atomic E-state index is -0.198. The summed E-state index contributed by atoms with van der Waals surface area (Å²) in [6, 6.07) is 0. The lowest BCUT2D eigenvalue weighted by molar-refractivity contribution is -0.134. The molecule has 0 saturated heterocycles. The Balaban J connectivity index is 3.52. The number of rotatable bonds is 8. The van der Waals surface area contributed by atoms with E-state index in [4.69, 9.17) is 0 Å². The smallest absolute Gasteiger partial charge is 0.317 e. The Labute approximate surface area is 93.0 Å². The normalized spacial score (nSPS) is 12.5. The summed E-state index contributed by atoms with van der Waals surface area (Å²) in [6.07, 6.45) is 7.78. The van der Waals surface area contributed by atoms with Crippen molar-refractivity contribution >= 4 is 18.9 Å². The van der Waals surface area contributed by atoms with Crippen molar-refractivity contribution in [1.82, 2.24) is 0 Å². The Kier molecular flexibility index (Phi) is 9.26. The molecule has 0 amide bonds. The molecule has 0 aliphatic carbocycles. The van der Waals surface area contributed by atoms with Crippen LogP contribution in [0.2, 0.25) is 0 Å². The van der Waals surface area contributed by atoms with Crippen LogP contribution in [0.1, 0.15) is 58.8 Å². The minimum Gasteiger partial charge on any atom is -0.395 e. The van der Waals surface area contributed by atoms with Gasteiger partial charge in [0.1, 0.15) is 0 Å². The number of carbonyl (C=O) groups excluding carboxylic acids is 1. The molecule has 0 aliphatic heterocycles. The topological polar surface area (TPSA) is 26.3 Å². The average molecular weight is 218 g/mol. The summed E-state index contributed by atoms with van der Waals surface area (Å²) in [5.74, 6) is 0.280. The quantitative estimate of drug-likeness (QED) is 0.381. The van der Waals surface area contributed by atoms with Crippen LogP contribution in [0.15, 0.2) is 0 Å². The van der Waals surface area contributed by atoms with Crippen LogP contribution >= 0.6 is 12.9 Å². The van der Waals surface area contributed by atoms with E-state index in [1.807, 2.05) is 0 Å². The zero-order chi connectivity index (χ0) is 10.8. The number of unbranched alkanes of at least 4 members (excludes halogenated alkanes) is 3. The first-order chi connectivity index (χ1) is 6.74. The van der Waals surface area contributed by atoms with E-state index >= 15 is 0 Å². The fourth-order valence-electron chi connectivity index (χ4n) is 1.58. The molecule has 0 saturated carbocycles. The summed E-state index contributed by atoms with van der Waals surface area (Å²) in [5, 5.41) is 0. The van der Waals surface area contributed by atoms with Crippen molar-refractivity contribution in [2.75, 3.05) is 0 Å². The van der Waals surface area contributed by atoms with Gasteiger partial charge in [0.05, 0.1) is 0 Å². The molecule has 0 heterocycles. The fraction of sp³-hybridized carbons (Fsp3) is 0.909. The third-order valence-electron chi connectivity index (χ3n) is 2.60. The van der Waals surface area contributed by atoms with E-state index in [1.165, 1.54) is 25.7 Å². The van der Waals surface area contributed by atoms with Gasteiger partial charge < -0.3 is 4.18 Å². The molecule has 0 aliphatic rings. The van der Waals surface area contributed by atoms with Gasteiger partial charge in [0.25, 0.3) is 0 Å². The zero-order valence-corrected chi connectivity index (χ0v) is 10.2. The summed E-state index contributed by atoms with van der Waals surface area (Å²) < 4.78 is 4.37. The molecule has 0 aromatic heterocycles. The number of thiol groups is 1. The second kappa shape index (κ2) is 9.38. The lowest BCUT2D eigenvalue weighted by atomic mass is 9.95. The van der Waals surface area contributed by atoms with Crippen LogP contribution in [-0.2, 0) is 8.98 Å². The molecule has 0 aromatic carbocycles. The van der Waals surface area contributed by atoms with Crippen LogP contribution in [0.4, 0.5) is 0 Å². The number of hydrogen-bond donors (Lipinski definition) is 1. The van der Waals surface area contributed by atoms with Gasteiger partial charge in [-0.15, -0.1) is 0 Å². The Morgan fingerprint density at radius 3 is 2.50 bits per heavy atom. The van der Waals surface area contributed by atoms with Gasteiger partial charge >= 0.3 is 5.97 Å². The lowest BCUT2D eigenvalue weighted by Crippen LogP contribution is -2.07. The molecule has 0 rings (SSSR count). The molecular weight excluding hydrogens is 196 g/mol. The van der Waals surface area contributed by atoms with Crippen molar-refractivity contribution in [2.24, 2.45) is 5.92 Å². The van der Waals surface area contributed by atoms with Crippen molar-refractivity contribution in [3.63, 3.8) is 0 Å². The van der Waals surface area contributed by atoms with E-state index in [0.717, 1.165) is 12.8 Å². The molecule has 3 heteroatoms. The average Bonchev–Trinajstić information content (AvgIpc) is 2.22. The van der Waals surface area contributed by atoms with Crippen molar-refractivity contribution in [3.05, 3.63) is 0 Å². The third-order valence-corrected chi connectivity index (χ3v) is 2.80. The van der Waals surface area contributed by atoms with Crippen molar-refractivity contribution in [1.29, 1.82) is 0 Å². The van der Waals surface area contributed by atoms with Gasteiger partial charge in [-0.25, -0.2) is 0 Å². The Morgan fingerprint density at radius 2 is 2.00 bits per heavy atom. The maximum Gasteiger partial charge on any atom is 0.317 e. The monoisotopic (exact) mass is 218 g/mol. The van der Waals surface area contributed by atoms with Gasteiger partial charge in [-0.2, -0.15) is 0 Å². The maximum absolute atomic E-state index is 11.0. The standard InChI is InChI=1S/C11H22O2S/c1-3-5-6-7-8-10(4-2)9-11(12)13-14/h10,14H,3-9H2,1-2H3. The first kappa shape index (κ1) is 13.8. The highest BCUT2D eigenvalue weighted by atomic mass is 32.1. The van der Waals surface area contributed by atoms with E-state index in [0.29, 0.717) is 12.3 Å². The Morgan fingerprint density at radius 1 is 1.29 bits per heavy atom. The van der Waals surface area contributed by atoms with Crippen LogP contribution < -0.4 is 0 Å². The Hall–Kier alpha value is -0.180. The van der Waals surface area contributed by atoms with Gasteiger partial charge in [0.2, 0.25) is 0 Å². The molecule has 1 atom stereocenters. The van der Waals surface area contributed by atoms with Gasteiger partial charge in [-0.3, -0.25) is 4.79 Å². The molecular formula is C11H22O2S. The summed E-state index contributed by atoms with van der Waals surface area (Å²) >= 11 is 3.50. The summed E-state index contributed by atoms with van der Waals surface area (Å²) in [4.78, 5) is 11.0. The van der Waals surface area contributed by atoms with E-state index < -0.39 is 0 Å². The van der Waals surface area contributed by atoms with Gasteiger partial charge in [-0.1, -0.05) is 46.0 Å². The second-order valence-electron chi connectivity index (χ2n) is 3.79. The van der Waals surface area contributed by atoms with Gasteiger partial charge in [0.15, 0.2) is 0 Å². The van der Waals surface area contributed by atoms with Crippen molar-refractivity contribution < 1.29 is 8.98 Å². The molecule has 2 nitrogen and oxygen atoms in total. The predicted octanol–water partition coefficient (Wildman–Crippen LogP) is 3.76. The number of carbonyl (C=O) groups is 1. The van der Waals surface area contributed by atoms with Crippen molar-refractivity contribution in [2.45, 2.75) is 58.8 Å². The molecule has 0 fully saturated rings. The van der Waals surface area contributed by atoms with E-state index in [-0.39, 0.29) is 5.97 Å². The third kappa shape index (κ3) is 7.25. The summed E-state index contributed by atoms with van der Waals surface area (Å²) in [7, 11) is 0. The van der Waals surface area contributed by atoms with E-state index in [1.54, 1.807) is 0 Å². The summed E-state index contributed by atoms with van der Waals surface area (Å²) in [6.45, 7) is 4.33. The minimum absolute atomic E-state index is 0.198. The highest BCUT2D eigenvalue weighted by molar-refractivity contribution is 7.75. The molecule has 84 valence electrons. The van der Waals surface area contributed by atoms with Crippen LogP contribution in [0.3, 0.4) is 0 Å². The highest BCUT2D eigenvalue weighted by Crippen LogP contribution is 2.18. The van der Waals surface area contributed by atoms with E-state index in [2.05, 4.69) is 30.9 Å². The Bertz CT molecular complexity index is 148. The molecule has 0 radical (unpaired) electrons. The molecule has 0 bridgehead atoms. The predicted molar refractivity (Wildman–Crippen MR) is 62.2 cm³/mol. The molecule has 14 heavy (non-hydrogen) atoms. The molecule has 0 N–H and O–H groups in total. The van der Waals surface area contributed by atoms with Crippen LogP contribution in [0.25, 0.3) is 0 Å². The summed E-state index contributed by atoms with van der Waals surface area (Å²) in [5.41, 5.74) is 0. The second-order valence-corrected chi connectivity index (χ2v) is 3.97. The zero-order valence-electron chi connectivity index (χ0n) is 9.29. The first-order valence-corrected chi connectivity index (χ1v) is 5.95. The molecule has 0 aromatic rings. The van der Waals surface area contributed by atoms with E-state index in [9.17, 15) is 4.79 Å². The fourth-order valence-corrected chi connectivity index (χ4v) is 1.66. The lowest BCUT2D eigenvalue weighted by Gasteiger charge is -2.12. The maximum atomic E-state index is 11.0. The van der Waals surface area contributed by atoms with Crippen LogP contribution in [0.5, 0.6) is 0 Å². The first-order valence-electron chi connectivity index (χ1n) is 5.58. The number of hydrogen-bond acceptors (Lipinski definition) is 3. The largest absolute Gasteiger partial charge is 0.395 e. The highest BCUT2D eigenvalue weighted by Gasteiger charge is 2.11. The molecule has 0 spiro atoms. The van der Waals surface area contributed by atoms with Gasteiger partial charge in [0, 0.05) is 19.3 Å². The van der Waals surface area contributed by atoms with Gasteiger partial charge in [-0.05, 0) is 12.3 Å².